The van der Waals surface area contributed by atoms with E-state index in [2.05, 4.69) is 0 Å². The lowest BCUT2D eigenvalue weighted by Crippen LogP contribution is -2.10. The number of benzene rings is 1. The number of aryl methyl sites for hydroxylation is 1. The van der Waals surface area contributed by atoms with E-state index in [9.17, 15) is 9.90 Å². The van der Waals surface area contributed by atoms with E-state index < -0.39 is 12.1 Å². The summed E-state index contributed by atoms with van der Waals surface area (Å²) in [5, 5.41) is 18.2. The van der Waals surface area contributed by atoms with Crippen molar-refractivity contribution in [2.24, 2.45) is 0 Å². The first-order chi connectivity index (χ1) is 6.02. The monoisotopic (exact) mass is 200 g/mol. The lowest BCUT2D eigenvalue weighted by Gasteiger charge is -2.06. The second kappa shape index (κ2) is 3.77. The average molecular weight is 201 g/mol. The maximum atomic E-state index is 10.4. The number of carboxylic acids is 1. The highest BCUT2D eigenvalue weighted by molar-refractivity contribution is 6.31. The van der Waals surface area contributed by atoms with Crippen LogP contribution in [-0.4, -0.2) is 16.2 Å². The summed E-state index contributed by atoms with van der Waals surface area (Å²) < 4.78 is 0. The van der Waals surface area contributed by atoms with Crippen LogP contribution >= 0.6 is 11.6 Å². The third kappa shape index (κ3) is 2.20. The zero-order valence-corrected chi connectivity index (χ0v) is 7.75. The van der Waals surface area contributed by atoms with Gasteiger partial charge >= 0.3 is 5.97 Å². The Morgan fingerprint density at radius 1 is 1.54 bits per heavy atom. The minimum absolute atomic E-state index is 0.342. The van der Waals surface area contributed by atoms with E-state index >= 15 is 0 Å². The molecule has 0 amide bonds. The van der Waals surface area contributed by atoms with Crippen molar-refractivity contribution in [2.45, 2.75) is 13.0 Å². The van der Waals surface area contributed by atoms with E-state index in [1.54, 1.807) is 19.1 Å². The van der Waals surface area contributed by atoms with Crippen LogP contribution in [0.25, 0.3) is 0 Å². The van der Waals surface area contributed by atoms with Crippen LogP contribution in [0.3, 0.4) is 0 Å². The third-order valence-corrected chi connectivity index (χ3v) is 2.16. The quantitative estimate of drug-likeness (QED) is 0.765. The van der Waals surface area contributed by atoms with Crippen LogP contribution in [0.2, 0.25) is 5.02 Å². The molecule has 70 valence electrons. The van der Waals surface area contributed by atoms with Gasteiger partial charge in [0.2, 0.25) is 0 Å². The standard InChI is InChI=1S/C9H9ClO3/c1-5-4-6(2-3-7(5)10)8(11)9(12)13/h2-4,8,11H,1H3,(H,12,13). The maximum absolute atomic E-state index is 10.4. The minimum Gasteiger partial charge on any atom is -0.479 e. The summed E-state index contributed by atoms with van der Waals surface area (Å²) in [6.45, 7) is 1.75. The molecule has 0 aliphatic rings. The van der Waals surface area contributed by atoms with Crippen LogP contribution in [0.1, 0.15) is 17.2 Å². The summed E-state index contributed by atoms with van der Waals surface area (Å²) in [4.78, 5) is 10.4. The molecule has 13 heavy (non-hydrogen) atoms. The van der Waals surface area contributed by atoms with Gasteiger partial charge in [-0.25, -0.2) is 4.79 Å². The van der Waals surface area contributed by atoms with Crippen molar-refractivity contribution in [3.05, 3.63) is 34.3 Å². The molecule has 1 rings (SSSR count). The van der Waals surface area contributed by atoms with Crippen LogP contribution in [0.15, 0.2) is 18.2 Å². The number of carbonyl (C=O) groups is 1. The zero-order valence-electron chi connectivity index (χ0n) is 6.99. The molecule has 3 nitrogen and oxygen atoms in total. The predicted octanol–water partition coefficient (Wildman–Crippen LogP) is 1.77. The Labute approximate surface area is 80.6 Å². The summed E-state index contributed by atoms with van der Waals surface area (Å²) in [6.07, 6.45) is -1.48. The van der Waals surface area contributed by atoms with E-state index in [0.717, 1.165) is 5.56 Å². The number of hydrogen-bond acceptors (Lipinski definition) is 2. The number of hydrogen-bond donors (Lipinski definition) is 2. The van der Waals surface area contributed by atoms with Gasteiger partial charge in [0.25, 0.3) is 0 Å². The van der Waals surface area contributed by atoms with Crippen molar-refractivity contribution in [3.63, 3.8) is 0 Å². The fraction of sp³-hybridized carbons (Fsp3) is 0.222. The van der Waals surface area contributed by atoms with Gasteiger partial charge in [0, 0.05) is 5.02 Å². The molecule has 0 aliphatic heterocycles. The largest absolute Gasteiger partial charge is 0.479 e. The molecule has 1 atom stereocenters. The fourth-order valence-electron chi connectivity index (χ4n) is 0.981. The predicted molar refractivity (Wildman–Crippen MR) is 48.8 cm³/mol. The molecule has 1 unspecified atom stereocenters. The molecule has 0 aromatic heterocycles. The first-order valence-corrected chi connectivity index (χ1v) is 4.07. The van der Waals surface area contributed by atoms with Gasteiger partial charge in [0.1, 0.15) is 0 Å². The zero-order chi connectivity index (χ0) is 10.0. The summed E-state index contributed by atoms with van der Waals surface area (Å²) in [6, 6.07) is 4.62. The molecule has 0 heterocycles. The van der Waals surface area contributed by atoms with E-state index in [-0.39, 0.29) is 0 Å². The SMILES string of the molecule is Cc1cc(C(O)C(=O)O)ccc1Cl. The molecule has 0 radical (unpaired) electrons. The molecule has 1 aromatic rings. The maximum Gasteiger partial charge on any atom is 0.337 e. The topological polar surface area (TPSA) is 57.5 Å². The summed E-state index contributed by atoms with van der Waals surface area (Å²) in [5.74, 6) is -1.26. The van der Waals surface area contributed by atoms with Gasteiger partial charge in [-0.3, -0.25) is 0 Å². The van der Waals surface area contributed by atoms with Gasteiger partial charge in [0.15, 0.2) is 6.10 Å². The number of rotatable bonds is 2. The number of aliphatic carboxylic acids is 1. The van der Waals surface area contributed by atoms with Gasteiger partial charge in [-0.2, -0.15) is 0 Å². The highest BCUT2D eigenvalue weighted by atomic mass is 35.5. The molecule has 0 bridgehead atoms. The smallest absolute Gasteiger partial charge is 0.337 e. The van der Waals surface area contributed by atoms with E-state index in [1.165, 1.54) is 6.07 Å². The normalized spacial score (nSPS) is 12.5. The molecule has 0 fully saturated rings. The molecule has 0 aliphatic carbocycles. The van der Waals surface area contributed by atoms with E-state index in [4.69, 9.17) is 16.7 Å². The molecule has 0 spiro atoms. The fourth-order valence-corrected chi connectivity index (χ4v) is 1.10. The van der Waals surface area contributed by atoms with Crippen molar-refractivity contribution in [2.75, 3.05) is 0 Å². The van der Waals surface area contributed by atoms with Crippen LogP contribution < -0.4 is 0 Å². The Kier molecular flexibility index (Phi) is 2.90. The van der Waals surface area contributed by atoms with Gasteiger partial charge in [-0.05, 0) is 24.1 Å². The van der Waals surface area contributed by atoms with Crippen molar-refractivity contribution < 1.29 is 15.0 Å². The first-order valence-electron chi connectivity index (χ1n) is 3.69. The lowest BCUT2D eigenvalue weighted by atomic mass is 10.1. The molecule has 4 heteroatoms. The molecule has 2 N–H and O–H groups in total. The Hall–Kier alpha value is -1.06. The summed E-state index contributed by atoms with van der Waals surface area (Å²) in [7, 11) is 0. The van der Waals surface area contributed by atoms with Crippen LogP contribution in [0, 0.1) is 6.92 Å². The molecule has 0 saturated heterocycles. The second-order valence-electron chi connectivity index (χ2n) is 2.75. The number of aliphatic hydroxyl groups excluding tert-OH is 1. The Morgan fingerprint density at radius 2 is 2.15 bits per heavy atom. The summed E-state index contributed by atoms with van der Waals surface area (Å²) in [5.41, 5.74) is 1.09. The molecule has 1 aromatic carbocycles. The molecular weight excluding hydrogens is 192 g/mol. The van der Waals surface area contributed by atoms with Gasteiger partial charge < -0.3 is 10.2 Å². The average Bonchev–Trinajstić information content (AvgIpc) is 2.08. The van der Waals surface area contributed by atoms with E-state index in [1.807, 2.05) is 0 Å². The van der Waals surface area contributed by atoms with Gasteiger partial charge in [-0.1, -0.05) is 23.7 Å². The van der Waals surface area contributed by atoms with E-state index in [0.29, 0.717) is 10.6 Å². The third-order valence-electron chi connectivity index (χ3n) is 1.73. The van der Waals surface area contributed by atoms with Gasteiger partial charge in [-0.15, -0.1) is 0 Å². The van der Waals surface area contributed by atoms with Crippen LogP contribution in [0.4, 0.5) is 0 Å². The number of halogens is 1. The Balaban J connectivity index is 3.03. The van der Waals surface area contributed by atoms with Crippen molar-refractivity contribution in [1.29, 1.82) is 0 Å². The highest BCUT2D eigenvalue weighted by Gasteiger charge is 2.15. The van der Waals surface area contributed by atoms with Crippen LogP contribution in [0.5, 0.6) is 0 Å². The summed E-state index contributed by atoms with van der Waals surface area (Å²) >= 11 is 5.74. The highest BCUT2D eigenvalue weighted by Crippen LogP contribution is 2.20. The van der Waals surface area contributed by atoms with Crippen molar-refractivity contribution >= 4 is 17.6 Å². The van der Waals surface area contributed by atoms with Crippen LogP contribution in [-0.2, 0) is 4.79 Å². The molecule has 0 saturated carbocycles. The second-order valence-corrected chi connectivity index (χ2v) is 3.16. The van der Waals surface area contributed by atoms with Gasteiger partial charge in [0.05, 0.1) is 0 Å². The first kappa shape index (κ1) is 10.0. The van der Waals surface area contributed by atoms with Crippen molar-refractivity contribution in [1.82, 2.24) is 0 Å². The lowest BCUT2D eigenvalue weighted by molar-refractivity contribution is -0.146. The Bertz CT molecular complexity index is 336. The number of carboxylic acid groups (broad SMARTS) is 1. The number of aliphatic hydroxyl groups is 1. The minimum atomic E-state index is -1.48. The Morgan fingerprint density at radius 3 is 2.62 bits per heavy atom. The molecular formula is C9H9ClO3. The van der Waals surface area contributed by atoms with Crippen molar-refractivity contribution in [3.8, 4) is 0 Å².